The first-order valence-electron chi connectivity index (χ1n) is 12.5. The quantitative estimate of drug-likeness (QED) is 0.379. The smallest absolute Gasteiger partial charge is 0.423 e. The molecule has 0 radical (unpaired) electrons. The van der Waals surface area contributed by atoms with Crippen molar-refractivity contribution < 1.29 is 27.2 Å². The Labute approximate surface area is 215 Å². The Morgan fingerprint density at radius 2 is 1.97 bits per heavy atom. The van der Waals surface area contributed by atoms with Gasteiger partial charge < -0.3 is 19.3 Å². The minimum absolute atomic E-state index is 0.0523. The van der Waals surface area contributed by atoms with Crippen LogP contribution in [-0.2, 0) is 10.9 Å². The number of nitrogens with zero attached hydrogens (tertiary/aromatic N) is 6. The summed E-state index contributed by atoms with van der Waals surface area (Å²) in [6, 6.07) is 3.84. The molecule has 0 spiro atoms. The molecule has 6 rings (SSSR count). The second kappa shape index (κ2) is 9.53. The van der Waals surface area contributed by atoms with E-state index in [9.17, 15) is 13.2 Å². The number of alkyl halides is 3. The van der Waals surface area contributed by atoms with Crippen LogP contribution in [0.1, 0.15) is 54.4 Å². The van der Waals surface area contributed by atoms with Crippen LogP contribution in [0.5, 0.6) is 5.88 Å². The highest BCUT2D eigenvalue weighted by atomic mass is 19.4. The van der Waals surface area contributed by atoms with Gasteiger partial charge >= 0.3 is 6.18 Å². The van der Waals surface area contributed by atoms with E-state index in [-0.39, 0.29) is 31.1 Å². The van der Waals surface area contributed by atoms with Crippen LogP contribution in [-0.4, -0.2) is 55.1 Å². The highest BCUT2D eigenvalue weighted by Crippen LogP contribution is 2.37. The molecule has 1 saturated heterocycles. The molecule has 0 bridgehead atoms. The molecule has 2 fully saturated rings. The van der Waals surface area contributed by atoms with E-state index in [1.54, 1.807) is 0 Å². The third kappa shape index (κ3) is 4.66. The molecule has 5 heterocycles. The van der Waals surface area contributed by atoms with E-state index in [0.717, 1.165) is 59.5 Å². The lowest BCUT2D eigenvalue weighted by atomic mass is 9.85. The van der Waals surface area contributed by atoms with Crippen LogP contribution in [0, 0.1) is 13.8 Å². The second-order valence-corrected chi connectivity index (χ2v) is 9.80. The second-order valence-electron chi connectivity index (χ2n) is 9.80. The van der Waals surface area contributed by atoms with Gasteiger partial charge in [-0.15, -0.1) is 10.2 Å². The fourth-order valence-electron chi connectivity index (χ4n) is 5.13. The average molecular weight is 530 g/mol. The first kappa shape index (κ1) is 24.6. The zero-order chi connectivity index (χ0) is 26.4. The highest BCUT2D eigenvalue weighted by molar-refractivity contribution is 5.68. The monoisotopic (exact) mass is 529 g/mol. The van der Waals surface area contributed by atoms with Crippen LogP contribution in [0.4, 0.5) is 19.1 Å². The predicted molar refractivity (Wildman–Crippen MR) is 129 cm³/mol. The zero-order valence-corrected chi connectivity index (χ0v) is 20.8. The number of hydrogen-bond acceptors (Lipinski definition) is 9. The topological polar surface area (TPSA) is 112 Å². The standard InChI is InChI=1S/C25H26F3N7O3/c1-13-21(14(2)38-34-13)16-6-7-20-32-33-22(35(20)10-16)15-4-3-5-17(8-15)30-24-29-9-19(25(26,27)28)23(31-24)37-18-11-36-12-18/h6-7,9-10,15,17-18H,3-5,8,11-12H2,1-2H3,(H,29,30,31)/t15-,17+/m0/s1. The molecule has 13 heteroatoms. The molecule has 2 atom stereocenters. The maximum Gasteiger partial charge on any atom is 0.423 e. The summed E-state index contributed by atoms with van der Waals surface area (Å²) in [6.45, 7) is 4.25. The number of fused-ring (bicyclic) bond motifs is 1. The summed E-state index contributed by atoms with van der Waals surface area (Å²) in [5.74, 6) is 1.29. The van der Waals surface area contributed by atoms with Gasteiger partial charge in [0.05, 0.1) is 18.9 Å². The Balaban J connectivity index is 1.23. The van der Waals surface area contributed by atoms with Crippen LogP contribution in [0.3, 0.4) is 0 Å². The minimum atomic E-state index is -4.62. The van der Waals surface area contributed by atoms with Crippen LogP contribution < -0.4 is 10.1 Å². The van der Waals surface area contributed by atoms with Crippen molar-refractivity contribution in [1.29, 1.82) is 0 Å². The first-order chi connectivity index (χ1) is 18.3. The molecule has 2 aliphatic rings. The molecule has 1 saturated carbocycles. The number of ether oxygens (including phenoxy) is 2. The molecule has 4 aromatic heterocycles. The zero-order valence-electron chi connectivity index (χ0n) is 20.8. The Bertz CT molecular complexity index is 1440. The van der Waals surface area contributed by atoms with Crippen molar-refractivity contribution in [1.82, 2.24) is 29.7 Å². The number of anilines is 1. The van der Waals surface area contributed by atoms with Crippen molar-refractivity contribution in [3.63, 3.8) is 0 Å². The van der Waals surface area contributed by atoms with Crippen molar-refractivity contribution >= 4 is 11.6 Å². The molecule has 1 N–H and O–H groups in total. The Morgan fingerprint density at radius 1 is 1.13 bits per heavy atom. The van der Waals surface area contributed by atoms with E-state index in [4.69, 9.17) is 14.0 Å². The van der Waals surface area contributed by atoms with Gasteiger partial charge in [0.25, 0.3) is 0 Å². The van der Waals surface area contributed by atoms with E-state index in [1.165, 1.54) is 0 Å². The van der Waals surface area contributed by atoms with Crippen molar-refractivity contribution in [3.05, 3.63) is 47.4 Å². The molecule has 0 amide bonds. The van der Waals surface area contributed by atoms with Gasteiger partial charge in [0, 0.05) is 35.5 Å². The summed E-state index contributed by atoms with van der Waals surface area (Å²) in [6.07, 6.45) is 1.05. The van der Waals surface area contributed by atoms with E-state index in [0.29, 0.717) is 6.42 Å². The Kier molecular flexibility index (Phi) is 6.17. The Hall–Kier alpha value is -3.74. The summed E-state index contributed by atoms with van der Waals surface area (Å²) >= 11 is 0. The van der Waals surface area contributed by atoms with Gasteiger partial charge in [-0.1, -0.05) is 11.6 Å². The number of rotatable bonds is 6. The summed E-state index contributed by atoms with van der Waals surface area (Å²) in [7, 11) is 0. The molecule has 0 aromatic carbocycles. The summed E-state index contributed by atoms with van der Waals surface area (Å²) in [4.78, 5) is 8.03. The number of pyridine rings is 1. The molecular weight excluding hydrogens is 503 g/mol. The van der Waals surface area contributed by atoms with Crippen LogP contribution >= 0.6 is 0 Å². The van der Waals surface area contributed by atoms with E-state index >= 15 is 0 Å². The SMILES string of the molecule is Cc1noc(C)c1-c1ccc2nnc([C@H]3CCC[C@@H](Nc4ncc(C(F)(F)F)c(OC5COC5)n4)C3)n2c1. The van der Waals surface area contributed by atoms with E-state index in [1.807, 2.05) is 36.6 Å². The van der Waals surface area contributed by atoms with Gasteiger partial charge in [-0.25, -0.2) is 4.98 Å². The number of nitrogens with one attached hydrogen (secondary N) is 1. The lowest BCUT2D eigenvalue weighted by Crippen LogP contribution is -2.39. The van der Waals surface area contributed by atoms with Gasteiger partial charge in [0.2, 0.25) is 11.8 Å². The average Bonchev–Trinajstić information content (AvgIpc) is 3.43. The number of aromatic nitrogens is 6. The molecule has 0 unspecified atom stereocenters. The van der Waals surface area contributed by atoms with Crippen LogP contribution in [0.2, 0.25) is 0 Å². The normalized spacial score (nSPS) is 20.4. The van der Waals surface area contributed by atoms with Crippen LogP contribution in [0.15, 0.2) is 29.0 Å². The van der Waals surface area contributed by atoms with Gasteiger partial charge in [-0.05, 0) is 45.2 Å². The third-order valence-electron chi connectivity index (χ3n) is 7.07. The van der Waals surface area contributed by atoms with Crippen LogP contribution in [0.25, 0.3) is 16.8 Å². The summed E-state index contributed by atoms with van der Waals surface area (Å²) < 4.78 is 58.2. The fourth-order valence-corrected chi connectivity index (χ4v) is 5.13. The molecule has 1 aliphatic carbocycles. The lowest BCUT2D eigenvalue weighted by Gasteiger charge is -2.30. The summed E-state index contributed by atoms with van der Waals surface area (Å²) in [5.41, 5.74) is 2.45. The highest BCUT2D eigenvalue weighted by Gasteiger charge is 2.38. The summed E-state index contributed by atoms with van der Waals surface area (Å²) in [5, 5.41) is 16.1. The molecule has 200 valence electrons. The first-order valence-corrected chi connectivity index (χ1v) is 12.5. The predicted octanol–water partition coefficient (Wildman–Crippen LogP) is 4.73. The largest absolute Gasteiger partial charge is 0.469 e. The van der Waals surface area contributed by atoms with Gasteiger partial charge in [0.15, 0.2) is 5.65 Å². The maximum absolute atomic E-state index is 13.5. The van der Waals surface area contributed by atoms with Crippen molar-refractivity contribution in [3.8, 4) is 17.0 Å². The number of halogens is 3. The van der Waals surface area contributed by atoms with Crippen molar-refractivity contribution in [2.45, 2.75) is 63.8 Å². The molecule has 1 aliphatic heterocycles. The number of hydrogen-bond donors (Lipinski definition) is 1. The van der Waals surface area contributed by atoms with Crippen molar-refractivity contribution in [2.24, 2.45) is 0 Å². The molecule has 10 nitrogen and oxygen atoms in total. The van der Waals surface area contributed by atoms with Gasteiger partial charge in [-0.2, -0.15) is 18.2 Å². The van der Waals surface area contributed by atoms with Crippen molar-refractivity contribution in [2.75, 3.05) is 18.5 Å². The molecular formula is C25H26F3N7O3. The molecule has 38 heavy (non-hydrogen) atoms. The maximum atomic E-state index is 13.5. The third-order valence-corrected chi connectivity index (χ3v) is 7.07. The lowest BCUT2D eigenvalue weighted by molar-refractivity contribution is -0.142. The van der Waals surface area contributed by atoms with Gasteiger partial charge in [0.1, 0.15) is 23.3 Å². The Morgan fingerprint density at radius 3 is 2.68 bits per heavy atom. The van der Waals surface area contributed by atoms with E-state index in [2.05, 4.69) is 30.6 Å². The number of aryl methyl sites for hydroxylation is 2. The van der Waals surface area contributed by atoms with E-state index < -0.39 is 23.7 Å². The molecule has 4 aromatic rings. The fraction of sp³-hybridized carbons (Fsp3) is 0.480. The minimum Gasteiger partial charge on any atom is -0.469 e. The van der Waals surface area contributed by atoms with Gasteiger partial charge in [-0.3, -0.25) is 4.40 Å².